The number of aromatic nitrogens is 1. The fourth-order valence-electron chi connectivity index (χ4n) is 2.01. The van der Waals surface area contributed by atoms with Crippen LogP contribution >= 0.6 is 11.6 Å². The summed E-state index contributed by atoms with van der Waals surface area (Å²) in [5.74, 6) is 0.252. The van der Waals surface area contributed by atoms with Gasteiger partial charge in [-0.1, -0.05) is 11.6 Å². The predicted octanol–water partition coefficient (Wildman–Crippen LogP) is 1.82. The Morgan fingerprint density at radius 1 is 1.33 bits per heavy atom. The molecule has 0 radical (unpaired) electrons. The van der Waals surface area contributed by atoms with Crippen molar-refractivity contribution < 1.29 is 14.3 Å². The number of nitrogens with zero attached hydrogens (tertiary/aromatic N) is 2. The summed E-state index contributed by atoms with van der Waals surface area (Å²) in [7, 11) is 4.54. The van der Waals surface area contributed by atoms with Crippen LogP contribution in [0.5, 0.6) is 11.5 Å². The molecular formula is C16H16ClN3O4. The first-order valence-corrected chi connectivity index (χ1v) is 7.26. The second-order valence-corrected chi connectivity index (χ2v) is 5.18. The molecule has 0 saturated carbocycles. The van der Waals surface area contributed by atoms with Crippen LogP contribution in [0, 0.1) is 0 Å². The van der Waals surface area contributed by atoms with Crippen molar-refractivity contribution in [1.29, 1.82) is 0 Å². The van der Waals surface area contributed by atoms with E-state index in [0.717, 1.165) is 0 Å². The van der Waals surface area contributed by atoms with Gasteiger partial charge in [-0.3, -0.25) is 9.59 Å². The Morgan fingerprint density at radius 3 is 2.75 bits per heavy atom. The Bertz CT molecular complexity index is 846. The lowest BCUT2D eigenvalue weighted by atomic mass is 10.2. The van der Waals surface area contributed by atoms with E-state index in [0.29, 0.717) is 22.1 Å². The molecule has 1 heterocycles. The Kier molecular flexibility index (Phi) is 5.59. The zero-order valence-electron chi connectivity index (χ0n) is 13.4. The van der Waals surface area contributed by atoms with Crippen LogP contribution in [-0.4, -0.2) is 30.9 Å². The van der Waals surface area contributed by atoms with E-state index in [-0.39, 0.29) is 5.56 Å². The van der Waals surface area contributed by atoms with Gasteiger partial charge in [-0.05, 0) is 29.8 Å². The minimum Gasteiger partial charge on any atom is -0.493 e. The first-order valence-electron chi connectivity index (χ1n) is 6.88. The van der Waals surface area contributed by atoms with Crippen molar-refractivity contribution in [3.63, 3.8) is 0 Å². The van der Waals surface area contributed by atoms with Gasteiger partial charge in [-0.25, -0.2) is 5.43 Å². The molecule has 0 aliphatic carbocycles. The van der Waals surface area contributed by atoms with E-state index in [2.05, 4.69) is 10.5 Å². The number of hydrazone groups is 1. The number of aryl methyl sites for hydroxylation is 1. The van der Waals surface area contributed by atoms with E-state index in [1.54, 1.807) is 31.4 Å². The van der Waals surface area contributed by atoms with Crippen molar-refractivity contribution in [3.05, 3.63) is 57.0 Å². The van der Waals surface area contributed by atoms with E-state index in [4.69, 9.17) is 21.1 Å². The van der Waals surface area contributed by atoms with Crippen molar-refractivity contribution in [2.75, 3.05) is 14.2 Å². The number of benzene rings is 1. The summed E-state index contributed by atoms with van der Waals surface area (Å²) < 4.78 is 11.6. The molecule has 8 heteroatoms. The molecule has 0 aliphatic heterocycles. The Balaban J connectivity index is 2.17. The van der Waals surface area contributed by atoms with Crippen LogP contribution in [0.25, 0.3) is 0 Å². The molecule has 126 valence electrons. The lowest BCUT2D eigenvalue weighted by Gasteiger charge is -2.09. The highest BCUT2D eigenvalue weighted by atomic mass is 35.5. The van der Waals surface area contributed by atoms with Gasteiger partial charge in [0.15, 0.2) is 11.5 Å². The lowest BCUT2D eigenvalue weighted by molar-refractivity contribution is 0.0953. The van der Waals surface area contributed by atoms with Crippen LogP contribution in [-0.2, 0) is 7.05 Å². The van der Waals surface area contributed by atoms with Crippen molar-refractivity contribution in [1.82, 2.24) is 9.99 Å². The minimum absolute atomic E-state index is 0.00231. The van der Waals surface area contributed by atoms with Gasteiger partial charge in [-0.15, -0.1) is 0 Å². The molecule has 0 saturated heterocycles. The topological polar surface area (TPSA) is 81.9 Å². The molecule has 1 amide bonds. The summed E-state index contributed by atoms with van der Waals surface area (Å²) in [5.41, 5.74) is 2.50. The number of halogens is 1. The molecule has 7 nitrogen and oxygen atoms in total. The summed E-state index contributed by atoms with van der Waals surface area (Å²) in [5, 5.41) is 4.18. The maximum atomic E-state index is 12.0. The maximum absolute atomic E-state index is 12.0. The average Bonchev–Trinajstić information content (AvgIpc) is 2.56. The molecule has 1 N–H and O–H groups in total. The number of ether oxygens (including phenoxy) is 2. The van der Waals surface area contributed by atoms with Crippen LogP contribution in [0.15, 0.2) is 40.4 Å². The van der Waals surface area contributed by atoms with Crippen molar-refractivity contribution in [3.8, 4) is 11.5 Å². The highest BCUT2D eigenvalue weighted by Gasteiger charge is 2.11. The van der Waals surface area contributed by atoms with Gasteiger partial charge in [0.1, 0.15) is 5.56 Å². The van der Waals surface area contributed by atoms with Gasteiger partial charge >= 0.3 is 0 Å². The first kappa shape index (κ1) is 17.6. The molecule has 24 heavy (non-hydrogen) atoms. The molecule has 1 aromatic carbocycles. The zero-order valence-corrected chi connectivity index (χ0v) is 14.1. The normalized spacial score (nSPS) is 10.7. The fraction of sp³-hybridized carbons (Fsp3) is 0.188. The van der Waals surface area contributed by atoms with Crippen LogP contribution < -0.4 is 20.5 Å². The molecule has 0 bridgehead atoms. The highest BCUT2D eigenvalue weighted by Crippen LogP contribution is 2.35. The number of hydrogen-bond donors (Lipinski definition) is 1. The molecule has 0 unspecified atom stereocenters. The molecule has 0 spiro atoms. The smallest absolute Gasteiger partial charge is 0.276 e. The number of rotatable bonds is 5. The SMILES string of the molecule is COc1cc(/C=N\NC(=O)c2cccn(C)c2=O)cc(Cl)c1OC. The third kappa shape index (κ3) is 3.75. The molecular weight excluding hydrogens is 334 g/mol. The number of hydrogen-bond acceptors (Lipinski definition) is 5. The summed E-state index contributed by atoms with van der Waals surface area (Å²) in [6, 6.07) is 6.30. The highest BCUT2D eigenvalue weighted by molar-refractivity contribution is 6.32. The van der Waals surface area contributed by atoms with Crippen molar-refractivity contribution >= 4 is 23.7 Å². The Labute approximate surface area is 143 Å². The number of carbonyl (C=O) groups excluding carboxylic acids is 1. The Hall–Kier alpha value is -2.80. The molecule has 2 rings (SSSR count). The summed E-state index contributed by atoms with van der Waals surface area (Å²) >= 11 is 6.09. The minimum atomic E-state index is -0.598. The van der Waals surface area contributed by atoms with E-state index in [1.165, 1.54) is 31.1 Å². The second-order valence-electron chi connectivity index (χ2n) is 4.78. The van der Waals surface area contributed by atoms with E-state index >= 15 is 0 Å². The van der Waals surface area contributed by atoms with Crippen LogP contribution in [0.3, 0.4) is 0 Å². The molecule has 0 fully saturated rings. The number of methoxy groups -OCH3 is 2. The lowest BCUT2D eigenvalue weighted by Crippen LogP contribution is -2.29. The van der Waals surface area contributed by atoms with E-state index in [1.807, 2.05) is 0 Å². The third-order valence-corrected chi connectivity index (χ3v) is 3.48. The largest absolute Gasteiger partial charge is 0.493 e. The summed E-state index contributed by atoms with van der Waals surface area (Å²) in [6.07, 6.45) is 2.95. The molecule has 0 atom stereocenters. The number of carbonyl (C=O) groups is 1. The van der Waals surface area contributed by atoms with Crippen LogP contribution in [0.4, 0.5) is 0 Å². The van der Waals surface area contributed by atoms with Gasteiger partial charge in [0.2, 0.25) is 0 Å². The van der Waals surface area contributed by atoms with Gasteiger partial charge in [0.25, 0.3) is 11.5 Å². The fourth-order valence-corrected chi connectivity index (χ4v) is 2.30. The predicted molar refractivity (Wildman–Crippen MR) is 91.3 cm³/mol. The van der Waals surface area contributed by atoms with Crippen molar-refractivity contribution in [2.45, 2.75) is 0 Å². The van der Waals surface area contributed by atoms with Crippen molar-refractivity contribution in [2.24, 2.45) is 12.1 Å². The van der Waals surface area contributed by atoms with E-state index < -0.39 is 11.5 Å². The van der Waals surface area contributed by atoms with Gasteiger partial charge in [0.05, 0.1) is 25.5 Å². The average molecular weight is 350 g/mol. The van der Waals surface area contributed by atoms with Gasteiger partial charge in [0, 0.05) is 13.2 Å². The molecule has 2 aromatic rings. The number of amides is 1. The molecule has 0 aliphatic rings. The van der Waals surface area contributed by atoms with Gasteiger partial charge < -0.3 is 14.0 Å². The summed E-state index contributed by atoms with van der Waals surface area (Å²) in [4.78, 5) is 23.8. The number of pyridine rings is 1. The van der Waals surface area contributed by atoms with E-state index in [9.17, 15) is 9.59 Å². The first-order chi connectivity index (χ1) is 11.5. The van der Waals surface area contributed by atoms with Gasteiger partial charge in [-0.2, -0.15) is 5.10 Å². The monoisotopic (exact) mass is 349 g/mol. The zero-order chi connectivity index (χ0) is 17.7. The molecule has 1 aromatic heterocycles. The van der Waals surface area contributed by atoms with Crippen LogP contribution in [0.1, 0.15) is 15.9 Å². The second kappa shape index (κ2) is 7.65. The maximum Gasteiger partial charge on any atom is 0.276 e. The third-order valence-electron chi connectivity index (χ3n) is 3.20. The Morgan fingerprint density at radius 2 is 2.08 bits per heavy atom. The number of nitrogens with one attached hydrogen (secondary N) is 1. The summed E-state index contributed by atoms with van der Waals surface area (Å²) in [6.45, 7) is 0. The van der Waals surface area contributed by atoms with Crippen LogP contribution in [0.2, 0.25) is 5.02 Å². The quantitative estimate of drug-likeness (QED) is 0.659. The standard InChI is InChI=1S/C16H16ClN3O4/c1-20-6-4-5-11(16(20)22)15(21)19-18-9-10-7-12(17)14(24-3)13(8-10)23-2/h4-9H,1-3H3,(H,19,21)/b18-9-.